The fraction of sp³-hybridized carbons (Fsp3) is 0.500. The van der Waals surface area contributed by atoms with Gasteiger partial charge in [-0.25, -0.2) is 4.79 Å². The maximum absolute atomic E-state index is 13.3. The molecule has 17 nitrogen and oxygen atoms in total. The molecular weight excluding hydrogens is 562 g/mol. The smallest absolute Gasteiger partial charge is 0.326 e. The van der Waals surface area contributed by atoms with Gasteiger partial charge in [0.25, 0.3) is 0 Å². The molecular formula is C26H43N11O6. The van der Waals surface area contributed by atoms with Gasteiger partial charge in [-0.1, -0.05) is 30.3 Å². The average Bonchev–Trinajstić information content (AvgIpc) is 2.94. The highest BCUT2D eigenvalue weighted by Crippen LogP contribution is 2.07. The number of rotatable bonds is 20. The van der Waals surface area contributed by atoms with E-state index in [1.54, 1.807) is 30.3 Å². The molecule has 0 saturated carbocycles. The number of guanidine groups is 2. The number of carbonyl (C=O) groups is 5. The van der Waals surface area contributed by atoms with Gasteiger partial charge in [0, 0.05) is 25.9 Å². The van der Waals surface area contributed by atoms with Gasteiger partial charge in [0.1, 0.15) is 18.1 Å². The molecule has 0 saturated heterocycles. The number of nitrogens with two attached hydrogens (primary N) is 6. The topological polar surface area (TPSA) is 323 Å². The van der Waals surface area contributed by atoms with Gasteiger partial charge in [-0.05, 0) is 37.7 Å². The molecule has 0 aromatic heterocycles. The van der Waals surface area contributed by atoms with E-state index in [-0.39, 0.29) is 63.5 Å². The Morgan fingerprint density at radius 3 is 1.70 bits per heavy atom. The molecule has 0 heterocycles. The van der Waals surface area contributed by atoms with Crippen molar-refractivity contribution in [2.75, 3.05) is 13.1 Å². The van der Waals surface area contributed by atoms with E-state index in [4.69, 9.17) is 34.4 Å². The van der Waals surface area contributed by atoms with Crippen LogP contribution in [0.1, 0.15) is 44.1 Å². The molecule has 0 aliphatic rings. The zero-order chi connectivity index (χ0) is 32.4. The summed E-state index contributed by atoms with van der Waals surface area (Å²) in [6.07, 6.45) is 0.407. The average molecular weight is 606 g/mol. The summed E-state index contributed by atoms with van der Waals surface area (Å²) in [5.74, 6) is -4.53. The lowest BCUT2D eigenvalue weighted by molar-refractivity contribution is -0.142. The minimum atomic E-state index is -1.30. The predicted molar refractivity (Wildman–Crippen MR) is 160 cm³/mol. The molecule has 1 aromatic rings. The highest BCUT2D eigenvalue weighted by Gasteiger charge is 2.30. The first-order valence-corrected chi connectivity index (χ1v) is 13.6. The molecule has 16 N–H and O–H groups in total. The Kier molecular flexibility index (Phi) is 16.1. The van der Waals surface area contributed by atoms with Crippen LogP contribution in [-0.4, -0.2) is 83.9 Å². The third-order valence-corrected chi connectivity index (χ3v) is 6.09. The Bertz CT molecular complexity index is 1140. The molecule has 238 valence electrons. The van der Waals surface area contributed by atoms with Crippen molar-refractivity contribution in [3.63, 3.8) is 0 Å². The standard InChI is InChI=1S/C26H43N11O6/c27-16(8-4-12-33-25(29)30)21(39)35-18(10-11-20(28)38)23(41)36-17(9-5-13-34-26(31)32)22(40)37-19(24(42)43)14-15-6-2-1-3-7-15/h1-3,6-7,16-19H,4-5,8-14,27H2,(H2,28,38)(H,35,39)(H,36,41)(H,37,40)(H,42,43)(H4,29,30,33)(H4,31,32,34). The molecule has 4 unspecified atom stereocenters. The number of benzene rings is 1. The van der Waals surface area contributed by atoms with Crippen molar-refractivity contribution in [1.82, 2.24) is 16.0 Å². The minimum absolute atomic E-state index is 0.00501. The summed E-state index contributed by atoms with van der Waals surface area (Å²) in [6, 6.07) is 3.84. The second kappa shape index (κ2) is 19.2. The van der Waals surface area contributed by atoms with Gasteiger partial charge in [0.05, 0.1) is 6.04 Å². The SMILES string of the molecule is NC(=O)CCC(NC(=O)C(N)CCCN=C(N)N)C(=O)NC(CCCN=C(N)N)C(=O)NC(Cc1ccccc1)C(=O)O. The van der Waals surface area contributed by atoms with E-state index < -0.39 is 53.8 Å². The lowest BCUT2D eigenvalue weighted by atomic mass is 10.0. The molecule has 4 amide bonds. The lowest BCUT2D eigenvalue weighted by Gasteiger charge is -2.25. The van der Waals surface area contributed by atoms with E-state index in [2.05, 4.69) is 25.9 Å². The summed E-state index contributed by atoms with van der Waals surface area (Å²) in [5.41, 5.74) is 33.1. The van der Waals surface area contributed by atoms with Gasteiger partial charge >= 0.3 is 5.97 Å². The van der Waals surface area contributed by atoms with Crippen LogP contribution in [0.15, 0.2) is 40.3 Å². The molecule has 0 bridgehead atoms. The molecule has 0 fully saturated rings. The number of nitrogens with one attached hydrogen (secondary N) is 3. The molecule has 0 radical (unpaired) electrons. The van der Waals surface area contributed by atoms with E-state index in [0.717, 1.165) is 0 Å². The number of hydrogen-bond acceptors (Lipinski definition) is 8. The van der Waals surface area contributed by atoms with E-state index >= 15 is 0 Å². The van der Waals surface area contributed by atoms with Gasteiger partial charge in [-0.3, -0.25) is 29.2 Å². The number of amides is 4. The zero-order valence-electron chi connectivity index (χ0n) is 23.9. The zero-order valence-corrected chi connectivity index (χ0v) is 23.9. The lowest BCUT2D eigenvalue weighted by Crippen LogP contribution is -2.57. The minimum Gasteiger partial charge on any atom is -0.480 e. The normalized spacial score (nSPS) is 13.3. The van der Waals surface area contributed by atoms with Crippen LogP contribution in [-0.2, 0) is 30.4 Å². The number of hydrogen-bond donors (Lipinski definition) is 10. The Morgan fingerprint density at radius 2 is 1.19 bits per heavy atom. The summed E-state index contributed by atoms with van der Waals surface area (Å²) in [5, 5.41) is 17.2. The van der Waals surface area contributed by atoms with Crippen LogP contribution in [0, 0.1) is 0 Å². The second-order valence-electron chi connectivity index (χ2n) is 9.72. The molecule has 0 aliphatic heterocycles. The molecule has 1 rings (SSSR count). The van der Waals surface area contributed by atoms with Crippen molar-refractivity contribution in [3.05, 3.63) is 35.9 Å². The van der Waals surface area contributed by atoms with Gasteiger partial charge in [-0.15, -0.1) is 0 Å². The summed E-state index contributed by atoms with van der Waals surface area (Å²) < 4.78 is 0. The van der Waals surface area contributed by atoms with Gasteiger partial charge < -0.3 is 55.5 Å². The Labute approximate surface area is 249 Å². The third kappa shape index (κ3) is 15.6. The van der Waals surface area contributed by atoms with Crippen LogP contribution in [0.4, 0.5) is 0 Å². The largest absolute Gasteiger partial charge is 0.480 e. The first kappa shape index (κ1) is 36.1. The van der Waals surface area contributed by atoms with Crippen LogP contribution in [0.3, 0.4) is 0 Å². The maximum atomic E-state index is 13.3. The van der Waals surface area contributed by atoms with Crippen molar-refractivity contribution >= 4 is 41.5 Å². The van der Waals surface area contributed by atoms with Crippen molar-refractivity contribution < 1.29 is 29.1 Å². The number of aliphatic imine (C=N–C) groups is 2. The first-order chi connectivity index (χ1) is 20.3. The van der Waals surface area contributed by atoms with E-state index in [0.29, 0.717) is 12.0 Å². The molecule has 43 heavy (non-hydrogen) atoms. The maximum Gasteiger partial charge on any atom is 0.326 e. The Balaban J connectivity index is 3.06. The summed E-state index contributed by atoms with van der Waals surface area (Å²) >= 11 is 0. The number of aliphatic carboxylic acids is 1. The first-order valence-electron chi connectivity index (χ1n) is 13.6. The highest BCUT2D eigenvalue weighted by atomic mass is 16.4. The molecule has 1 aromatic carbocycles. The van der Waals surface area contributed by atoms with Crippen LogP contribution in [0.2, 0.25) is 0 Å². The number of primary amides is 1. The van der Waals surface area contributed by atoms with Gasteiger partial charge in [-0.2, -0.15) is 0 Å². The monoisotopic (exact) mass is 605 g/mol. The molecule has 17 heteroatoms. The van der Waals surface area contributed by atoms with Crippen molar-refractivity contribution in [2.45, 2.75) is 69.1 Å². The number of carboxylic acid groups (broad SMARTS) is 1. The van der Waals surface area contributed by atoms with Crippen LogP contribution in [0.25, 0.3) is 0 Å². The Morgan fingerprint density at radius 1 is 0.698 bits per heavy atom. The number of nitrogens with zero attached hydrogens (tertiary/aromatic N) is 2. The van der Waals surface area contributed by atoms with Crippen molar-refractivity contribution in [3.8, 4) is 0 Å². The van der Waals surface area contributed by atoms with Crippen LogP contribution < -0.4 is 50.4 Å². The fourth-order valence-electron chi connectivity index (χ4n) is 3.85. The predicted octanol–water partition coefficient (Wildman–Crippen LogP) is -3.53. The molecule has 0 spiro atoms. The second-order valence-corrected chi connectivity index (χ2v) is 9.72. The van der Waals surface area contributed by atoms with Gasteiger partial charge in [0.2, 0.25) is 23.6 Å². The third-order valence-electron chi connectivity index (χ3n) is 6.09. The molecule has 4 atom stereocenters. The summed E-state index contributed by atoms with van der Waals surface area (Å²) in [7, 11) is 0. The van der Waals surface area contributed by atoms with E-state index in [1.165, 1.54) is 0 Å². The van der Waals surface area contributed by atoms with Crippen molar-refractivity contribution in [2.24, 2.45) is 44.4 Å². The van der Waals surface area contributed by atoms with Crippen LogP contribution >= 0.6 is 0 Å². The van der Waals surface area contributed by atoms with Crippen molar-refractivity contribution in [1.29, 1.82) is 0 Å². The number of carboxylic acids is 1. The Hall–Kier alpha value is -4.93. The van der Waals surface area contributed by atoms with E-state index in [1.807, 2.05) is 0 Å². The highest BCUT2D eigenvalue weighted by molar-refractivity contribution is 5.94. The number of carbonyl (C=O) groups excluding carboxylic acids is 4. The summed E-state index contributed by atoms with van der Waals surface area (Å²) in [6.45, 7) is 0.373. The van der Waals surface area contributed by atoms with E-state index in [9.17, 15) is 29.1 Å². The molecule has 0 aliphatic carbocycles. The van der Waals surface area contributed by atoms with Crippen LogP contribution in [0.5, 0.6) is 0 Å². The fourth-order valence-corrected chi connectivity index (χ4v) is 3.85. The quantitative estimate of drug-likeness (QED) is 0.0394. The summed E-state index contributed by atoms with van der Waals surface area (Å²) in [4.78, 5) is 70.3. The van der Waals surface area contributed by atoms with Gasteiger partial charge in [0.15, 0.2) is 11.9 Å².